The number of rotatable bonds is 8. The highest BCUT2D eigenvalue weighted by molar-refractivity contribution is 5.79. The Morgan fingerprint density at radius 3 is 2.68 bits per heavy atom. The van der Waals surface area contributed by atoms with E-state index in [0.717, 1.165) is 37.5 Å². The van der Waals surface area contributed by atoms with E-state index in [1.165, 1.54) is 5.56 Å². The number of nitrogens with zero attached hydrogens (tertiary/aromatic N) is 3. The van der Waals surface area contributed by atoms with E-state index in [9.17, 15) is 5.11 Å². The van der Waals surface area contributed by atoms with E-state index in [-0.39, 0.29) is 0 Å². The minimum Gasteiger partial charge on any atom is -0.384 e. The molecule has 1 atom stereocenters. The zero-order valence-electron chi connectivity index (χ0n) is 15.4. The summed E-state index contributed by atoms with van der Waals surface area (Å²) < 4.78 is 1.82. The third-order valence-corrected chi connectivity index (χ3v) is 3.98. The highest BCUT2D eigenvalue weighted by Crippen LogP contribution is 2.20. The van der Waals surface area contributed by atoms with Crippen LogP contribution in [0.4, 0.5) is 0 Å². The Kier molecular flexibility index (Phi) is 7.01. The molecule has 0 amide bonds. The lowest BCUT2D eigenvalue weighted by molar-refractivity contribution is 0.0672. The number of aryl methyl sites for hydroxylation is 2. The Morgan fingerprint density at radius 1 is 1.28 bits per heavy atom. The standard InChI is InChI=1S/C19H29N5O/c1-4-20-18(21-12-8-9-16-13-23-24(3)14-16)22-15-19(2,25)17-10-6-5-7-11-17/h5-7,10-11,13-14,25H,4,8-9,12,15H2,1-3H3,(H2,20,21,22). The second-order valence-electron chi connectivity index (χ2n) is 6.39. The van der Waals surface area contributed by atoms with E-state index >= 15 is 0 Å². The summed E-state index contributed by atoms with van der Waals surface area (Å²) in [5.41, 5.74) is 1.11. The molecule has 0 saturated carbocycles. The molecule has 136 valence electrons. The molecule has 3 N–H and O–H groups in total. The van der Waals surface area contributed by atoms with Crippen molar-refractivity contribution in [3.05, 3.63) is 53.9 Å². The quantitative estimate of drug-likeness (QED) is 0.388. The summed E-state index contributed by atoms with van der Waals surface area (Å²) in [5.74, 6) is 0.727. The van der Waals surface area contributed by atoms with Crippen molar-refractivity contribution in [2.75, 3.05) is 19.6 Å². The Hall–Kier alpha value is -2.34. The Balaban J connectivity index is 1.85. The maximum atomic E-state index is 10.7. The number of benzene rings is 1. The molecule has 0 bridgehead atoms. The topological polar surface area (TPSA) is 74.5 Å². The predicted octanol–water partition coefficient (Wildman–Crippen LogP) is 1.82. The van der Waals surface area contributed by atoms with Gasteiger partial charge in [0.1, 0.15) is 5.60 Å². The lowest BCUT2D eigenvalue weighted by atomic mass is 9.96. The van der Waals surface area contributed by atoms with Crippen molar-refractivity contribution < 1.29 is 5.11 Å². The van der Waals surface area contributed by atoms with Crippen molar-refractivity contribution in [1.29, 1.82) is 0 Å². The van der Waals surface area contributed by atoms with E-state index in [1.807, 2.05) is 61.4 Å². The molecule has 0 saturated heterocycles. The Morgan fingerprint density at radius 2 is 2.04 bits per heavy atom. The van der Waals surface area contributed by atoms with Crippen LogP contribution in [0.3, 0.4) is 0 Å². The van der Waals surface area contributed by atoms with Crippen LogP contribution >= 0.6 is 0 Å². The van der Waals surface area contributed by atoms with Crippen molar-refractivity contribution in [3.8, 4) is 0 Å². The molecule has 1 aromatic carbocycles. The molecule has 0 aliphatic heterocycles. The van der Waals surface area contributed by atoms with Crippen molar-refractivity contribution in [2.45, 2.75) is 32.3 Å². The number of guanidine groups is 1. The van der Waals surface area contributed by atoms with E-state index < -0.39 is 5.60 Å². The van der Waals surface area contributed by atoms with Gasteiger partial charge >= 0.3 is 0 Å². The number of aromatic nitrogens is 2. The highest BCUT2D eigenvalue weighted by atomic mass is 16.3. The fourth-order valence-corrected chi connectivity index (χ4v) is 2.56. The second-order valence-corrected chi connectivity index (χ2v) is 6.39. The van der Waals surface area contributed by atoms with Crippen LogP contribution in [0.5, 0.6) is 0 Å². The van der Waals surface area contributed by atoms with Gasteiger partial charge in [-0.2, -0.15) is 5.10 Å². The van der Waals surface area contributed by atoms with Crippen LogP contribution < -0.4 is 10.6 Å². The molecule has 2 rings (SSSR count). The normalized spacial score (nSPS) is 14.2. The largest absolute Gasteiger partial charge is 0.384 e. The minimum absolute atomic E-state index is 0.301. The van der Waals surface area contributed by atoms with Gasteiger partial charge in [0.05, 0.1) is 12.7 Å². The fourth-order valence-electron chi connectivity index (χ4n) is 2.56. The van der Waals surface area contributed by atoms with Gasteiger partial charge in [-0.05, 0) is 37.8 Å². The molecule has 2 aromatic rings. The molecule has 6 heteroatoms. The van der Waals surface area contributed by atoms with E-state index in [4.69, 9.17) is 0 Å². The zero-order chi connectivity index (χ0) is 18.1. The first-order valence-corrected chi connectivity index (χ1v) is 8.79. The third kappa shape index (κ3) is 6.23. The fraction of sp³-hybridized carbons (Fsp3) is 0.474. The summed E-state index contributed by atoms with van der Waals surface area (Å²) in [6, 6.07) is 9.63. The average Bonchev–Trinajstić information content (AvgIpc) is 3.02. The third-order valence-electron chi connectivity index (χ3n) is 3.98. The molecule has 0 fully saturated rings. The van der Waals surface area contributed by atoms with Crippen molar-refractivity contribution >= 4 is 5.96 Å². The molecule has 1 heterocycles. The first-order chi connectivity index (χ1) is 12.0. The van der Waals surface area contributed by atoms with E-state index in [0.29, 0.717) is 6.54 Å². The first kappa shape index (κ1) is 19.0. The molecular formula is C19H29N5O. The lowest BCUT2D eigenvalue weighted by Gasteiger charge is -2.22. The van der Waals surface area contributed by atoms with Crippen LogP contribution in [0, 0.1) is 0 Å². The van der Waals surface area contributed by atoms with Crippen molar-refractivity contribution in [1.82, 2.24) is 20.4 Å². The SMILES string of the molecule is CCNC(=NCC(C)(O)c1ccccc1)NCCCc1cnn(C)c1. The number of nitrogens with one attached hydrogen (secondary N) is 2. The van der Waals surface area contributed by atoms with Gasteiger partial charge in [0, 0.05) is 26.3 Å². The van der Waals surface area contributed by atoms with Crippen LogP contribution in [-0.2, 0) is 19.1 Å². The van der Waals surface area contributed by atoms with E-state index in [2.05, 4.69) is 20.7 Å². The van der Waals surface area contributed by atoms with Gasteiger partial charge in [-0.15, -0.1) is 0 Å². The van der Waals surface area contributed by atoms with Gasteiger partial charge < -0.3 is 15.7 Å². The summed E-state index contributed by atoms with van der Waals surface area (Å²) in [4.78, 5) is 4.54. The summed E-state index contributed by atoms with van der Waals surface area (Å²) in [6.45, 7) is 5.71. The number of aliphatic hydroxyl groups is 1. The zero-order valence-corrected chi connectivity index (χ0v) is 15.4. The summed E-state index contributed by atoms with van der Waals surface area (Å²) >= 11 is 0. The van der Waals surface area contributed by atoms with Crippen molar-refractivity contribution in [3.63, 3.8) is 0 Å². The molecule has 25 heavy (non-hydrogen) atoms. The minimum atomic E-state index is -0.987. The monoisotopic (exact) mass is 343 g/mol. The average molecular weight is 343 g/mol. The molecule has 0 aliphatic carbocycles. The van der Waals surface area contributed by atoms with Gasteiger partial charge in [-0.1, -0.05) is 30.3 Å². The van der Waals surface area contributed by atoms with E-state index in [1.54, 1.807) is 6.92 Å². The maximum Gasteiger partial charge on any atom is 0.191 e. The van der Waals surface area contributed by atoms with Gasteiger partial charge in [0.2, 0.25) is 0 Å². The highest BCUT2D eigenvalue weighted by Gasteiger charge is 2.22. The van der Waals surface area contributed by atoms with Crippen LogP contribution in [0.15, 0.2) is 47.7 Å². The van der Waals surface area contributed by atoms with Crippen LogP contribution in [0.1, 0.15) is 31.4 Å². The molecule has 0 spiro atoms. The van der Waals surface area contributed by atoms with Crippen LogP contribution in [-0.4, -0.2) is 40.5 Å². The van der Waals surface area contributed by atoms with Gasteiger partial charge in [-0.25, -0.2) is 4.99 Å². The Bertz CT molecular complexity index is 663. The first-order valence-electron chi connectivity index (χ1n) is 8.79. The molecule has 6 nitrogen and oxygen atoms in total. The number of hydrogen-bond acceptors (Lipinski definition) is 3. The van der Waals surface area contributed by atoms with Crippen LogP contribution in [0.25, 0.3) is 0 Å². The van der Waals surface area contributed by atoms with Gasteiger partial charge in [0.15, 0.2) is 5.96 Å². The second kappa shape index (κ2) is 9.22. The molecule has 0 radical (unpaired) electrons. The maximum absolute atomic E-state index is 10.7. The summed E-state index contributed by atoms with van der Waals surface area (Å²) in [6.07, 6.45) is 5.90. The molecule has 1 aromatic heterocycles. The molecular weight excluding hydrogens is 314 g/mol. The summed E-state index contributed by atoms with van der Waals surface area (Å²) in [5, 5.41) is 21.4. The van der Waals surface area contributed by atoms with Gasteiger partial charge in [-0.3, -0.25) is 4.68 Å². The molecule has 0 aliphatic rings. The smallest absolute Gasteiger partial charge is 0.191 e. The molecule has 1 unspecified atom stereocenters. The summed E-state index contributed by atoms with van der Waals surface area (Å²) in [7, 11) is 1.93. The number of aliphatic imine (C=N–C) groups is 1. The van der Waals surface area contributed by atoms with Gasteiger partial charge in [0.25, 0.3) is 0 Å². The lowest BCUT2D eigenvalue weighted by Crippen LogP contribution is -2.39. The predicted molar refractivity (Wildman–Crippen MR) is 102 cm³/mol. The van der Waals surface area contributed by atoms with Crippen LogP contribution in [0.2, 0.25) is 0 Å². The van der Waals surface area contributed by atoms with Crippen molar-refractivity contribution in [2.24, 2.45) is 12.0 Å². The Labute approximate surface area is 150 Å². The number of hydrogen-bond donors (Lipinski definition) is 3.